The Morgan fingerprint density at radius 1 is 0.978 bits per heavy atom. The van der Waals surface area contributed by atoms with Gasteiger partial charge in [-0.1, -0.05) is 67.1 Å². The van der Waals surface area contributed by atoms with Crippen molar-refractivity contribution in [2.75, 3.05) is 11.9 Å². The van der Waals surface area contributed by atoms with Gasteiger partial charge in [0.15, 0.2) is 0 Å². The first-order valence-corrected chi connectivity index (χ1v) is 15.0. The highest BCUT2D eigenvalue weighted by molar-refractivity contribution is 6.05. The van der Waals surface area contributed by atoms with Crippen LogP contribution in [0.2, 0.25) is 0 Å². The highest BCUT2D eigenvalue weighted by Crippen LogP contribution is 2.42. The SMILES string of the molecule is Cc1cc(C)c(CC(C(=O)N2CC(C)(C)C2Cn2cc(-c3ccc(C)c(C(=O)Nc4ccccc4)c3)nn2)C(F)(F)F)c(C)c1. The van der Waals surface area contributed by atoms with E-state index in [9.17, 15) is 22.8 Å². The van der Waals surface area contributed by atoms with Crippen molar-refractivity contribution >= 4 is 17.5 Å². The van der Waals surface area contributed by atoms with E-state index in [1.54, 1.807) is 42.9 Å². The smallest absolute Gasteiger partial charge is 0.336 e. The van der Waals surface area contributed by atoms with Crippen molar-refractivity contribution in [3.8, 4) is 11.3 Å². The van der Waals surface area contributed by atoms with E-state index in [0.717, 1.165) is 22.3 Å². The van der Waals surface area contributed by atoms with Gasteiger partial charge in [-0.3, -0.25) is 9.59 Å². The summed E-state index contributed by atoms with van der Waals surface area (Å²) in [6.45, 7) is 11.6. The monoisotopic (exact) mass is 617 g/mol. The molecule has 0 saturated carbocycles. The summed E-state index contributed by atoms with van der Waals surface area (Å²) in [6, 6.07) is 17.8. The second kappa shape index (κ2) is 12.1. The van der Waals surface area contributed by atoms with Crippen LogP contribution in [-0.2, 0) is 17.8 Å². The van der Waals surface area contributed by atoms with E-state index in [-0.39, 0.29) is 19.0 Å². The van der Waals surface area contributed by atoms with Crippen LogP contribution in [0, 0.1) is 39.0 Å². The van der Waals surface area contributed by atoms with Gasteiger partial charge in [0, 0.05) is 28.8 Å². The number of carbonyl (C=O) groups is 2. The molecule has 0 bridgehead atoms. The summed E-state index contributed by atoms with van der Waals surface area (Å²) >= 11 is 0. The number of para-hydroxylation sites is 1. The van der Waals surface area contributed by atoms with Gasteiger partial charge >= 0.3 is 6.18 Å². The van der Waals surface area contributed by atoms with Crippen LogP contribution in [0.25, 0.3) is 11.3 Å². The van der Waals surface area contributed by atoms with E-state index in [4.69, 9.17) is 0 Å². The van der Waals surface area contributed by atoms with Gasteiger partial charge in [-0.25, -0.2) is 4.68 Å². The van der Waals surface area contributed by atoms with Gasteiger partial charge in [-0.15, -0.1) is 5.10 Å². The molecular weight excluding hydrogens is 579 g/mol. The quantitative estimate of drug-likeness (QED) is 0.229. The van der Waals surface area contributed by atoms with E-state index in [2.05, 4.69) is 15.6 Å². The van der Waals surface area contributed by atoms with E-state index < -0.39 is 35.9 Å². The van der Waals surface area contributed by atoms with Gasteiger partial charge in [0.25, 0.3) is 5.91 Å². The number of alkyl halides is 3. The summed E-state index contributed by atoms with van der Waals surface area (Å²) < 4.78 is 44.7. The average molecular weight is 618 g/mol. The Labute approximate surface area is 261 Å². The molecule has 2 unspecified atom stereocenters. The number of nitrogens with one attached hydrogen (secondary N) is 1. The number of likely N-dealkylation sites (tertiary alicyclic amines) is 1. The lowest BCUT2D eigenvalue weighted by molar-refractivity contribution is -0.200. The van der Waals surface area contributed by atoms with Gasteiger partial charge in [0.1, 0.15) is 11.6 Å². The first-order valence-electron chi connectivity index (χ1n) is 15.0. The van der Waals surface area contributed by atoms with Crippen molar-refractivity contribution in [2.45, 2.75) is 66.7 Å². The Hall–Kier alpha value is -4.47. The van der Waals surface area contributed by atoms with E-state index in [0.29, 0.717) is 28.1 Å². The minimum Gasteiger partial charge on any atom is -0.336 e. The van der Waals surface area contributed by atoms with E-state index >= 15 is 0 Å². The minimum atomic E-state index is -4.69. The van der Waals surface area contributed by atoms with Crippen LogP contribution in [0.1, 0.15) is 52.0 Å². The van der Waals surface area contributed by atoms with Gasteiger partial charge in [0.2, 0.25) is 5.91 Å². The molecule has 0 radical (unpaired) electrons. The molecule has 2 atom stereocenters. The molecule has 1 aliphatic rings. The minimum absolute atomic E-state index is 0.187. The van der Waals surface area contributed by atoms with Crippen molar-refractivity contribution in [2.24, 2.45) is 11.3 Å². The van der Waals surface area contributed by atoms with Crippen LogP contribution >= 0.6 is 0 Å². The molecule has 1 fully saturated rings. The van der Waals surface area contributed by atoms with Gasteiger partial charge in [0.05, 0.1) is 18.8 Å². The average Bonchev–Trinajstić information content (AvgIpc) is 3.43. The number of amides is 2. The number of anilines is 1. The summed E-state index contributed by atoms with van der Waals surface area (Å²) in [7, 11) is 0. The highest BCUT2D eigenvalue weighted by atomic mass is 19.4. The molecule has 2 heterocycles. The number of hydrogen-bond donors (Lipinski definition) is 1. The summed E-state index contributed by atoms with van der Waals surface area (Å²) in [5.74, 6) is -3.32. The second-order valence-electron chi connectivity index (χ2n) is 12.8. The number of aryl methyl sites for hydroxylation is 4. The fourth-order valence-corrected chi connectivity index (χ4v) is 6.26. The normalized spacial score (nSPS) is 16.6. The maximum atomic E-state index is 14.4. The summed E-state index contributed by atoms with van der Waals surface area (Å²) in [5.41, 5.74) is 5.76. The number of benzene rings is 3. The van der Waals surface area contributed by atoms with Crippen molar-refractivity contribution in [1.29, 1.82) is 0 Å². The third kappa shape index (κ3) is 6.79. The van der Waals surface area contributed by atoms with Crippen LogP contribution in [0.5, 0.6) is 0 Å². The Balaban J connectivity index is 1.34. The number of hydrogen-bond acceptors (Lipinski definition) is 4. The summed E-state index contributed by atoms with van der Waals surface area (Å²) in [6.07, 6.45) is -3.40. The Kier molecular flexibility index (Phi) is 8.62. The maximum Gasteiger partial charge on any atom is 0.400 e. The Bertz CT molecular complexity index is 1710. The van der Waals surface area contributed by atoms with Crippen LogP contribution in [0.15, 0.2) is 66.9 Å². The number of rotatable bonds is 8. The second-order valence-corrected chi connectivity index (χ2v) is 12.8. The fourth-order valence-electron chi connectivity index (χ4n) is 6.26. The number of halogens is 3. The fraction of sp³-hybridized carbons (Fsp3) is 0.371. The zero-order valence-electron chi connectivity index (χ0n) is 26.4. The van der Waals surface area contributed by atoms with E-state index in [1.807, 2.05) is 70.2 Å². The topological polar surface area (TPSA) is 80.1 Å². The molecule has 45 heavy (non-hydrogen) atoms. The largest absolute Gasteiger partial charge is 0.400 e. The molecule has 5 rings (SSSR count). The van der Waals surface area contributed by atoms with Crippen LogP contribution in [0.4, 0.5) is 18.9 Å². The lowest BCUT2D eigenvalue weighted by atomic mass is 9.73. The van der Waals surface area contributed by atoms with E-state index in [1.165, 1.54) is 4.90 Å². The number of nitrogens with zero attached hydrogens (tertiary/aromatic N) is 4. The molecule has 0 aliphatic carbocycles. The standard InChI is InChI=1S/C35H38F3N5O2/c1-21-14-23(3)27(24(4)15-21)17-29(35(36,37)38)33(45)43-20-34(5,6)31(43)19-42-18-30(40-41-42)25-13-12-22(2)28(16-25)32(44)39-26-10-8-7-9-11-26/h7-16,18,29,31H,17,19-20H2,1-6H3,(H,39,44). The summed E-state index contributed by atoms with van der Waals surface area (Å²) in [4.78, 5) is 27.9. The molecule has 3 aromatic carbocycles. The molecule has 1 saturated heterocycles. The molecule has 10 heteroatoms. The lowest BCUT2D eigenvalue weighted by Crippen LogP contribution is -2.67. The molecule has 0 spiro atoms. The molecule has 2 amide bonds. The Morgan fingerprint density at radius 2 is 1.64 bits per heavy atom. The maximum absolute atomic E-state index is 14.4. The van der Waals surface area contributed by atoms with Gasteiger partial charge in [-0.2, -0.15) is 13.2 Å². The van der Waals surface area contributed by atoms with Crippen LogP contribution < -0.4 is 5.32 Å². The molecule has 1 aromatic heterocycles. The van der Waals surface area contributed by atoms with Crippen molar-refractivity contribution in [3.05, 3.63) is 100 Å². The molecule has 1 N–H and O–H groups in total. The number of carbonyl (C=O) groups excluding carboxylic acids is 2. The zero-order chi connectivity index (χ0) is 32.7. The highest BCUT2D eigenvalue weighted by Gasteiger charge is 2.54. The first kappa shape index (κ1) is 31.9. The predicted molar refractivity (Wildman–Crippen MR) is 168 cm³/mol. The van der Waals surface area contributed by atoms with Crippen molar-refractivity contribution < 1.29 is 22.8 Å². The third-order valence-corrected chi connectivity index (χ3v) is 8.79. The van der Waals surface area contributed by atoms with Crippen molar-refractivity contribution in [3.63, 3.8) is 0 Å². The lowest BCUT2D eigenvalue weighted by Gasteiger charge is -2.55. The summed E-state index contributed by atoms with van der Waals surface area (Å²) in [5, 5.41) is 11.4. The third-order valence-electron chi connectivity index (χ3n) is 8.79. The van der Waals surface area contributed by atoms with Crippen LogP contribution in [0.3, 0.4) is 0 Å². The van der Waals surface area contributed by atoms with Crippen LogP contribution in [-0.4, -0.2) is 50.5 Å². The molecule has 236 valence electrons. The van der Waals surface area contributed by atoms with Gasteiger partial charge in [-0.05, 0) is 74.6 Å². The Morgan fingerprint density at radius 3 is 2.27 bits per heavy atom. The predicted octanol–water partition coefficient (Wildman–Crippen LogP) is 7.09. The van der Waals surface area contributed by atoms with Crippen molar-refractivity contribution in [1.82, 2.24) is 19.9 Å². The first-order chi connectivity index (χ1) is 21.1. The molecule has 7 nitrogen and oxygen atoms in total. The van der Waals surface area contributed by atoms with Gasteiger partial charge < -0.3 is 10.2 Å². The molecular formula is C35H38F3N5O2. The number of aromatic nitrogens is 3. The molecule has 4 aromatic rings. The molecule has 1 aliphatic heterocycles. The zero-order valence-corrected chi connectivity index (χ0v) is 26.4.